The number of aryl methyl sites for hydroxylation is 1. The van der Waals surface area contributed by atoms with Gasteiger partial charge in [-0.1, -0.05) is 12.1 Å². The summed E-state index contributed by atoms with van der Waals surface area (Å²) in [5.74, 6) is 0. The first-order valence-corrected chi connectivity index (χ1v) is 5.33. The minimum atomic E-state index is 0.281. The summed E-state index contributed by atoms with van der Waals surface area (Å²) in [6, 6.07) is 8.46. The van der Waals surface area contributed by atoms with E-state index in [2.05, 4.69) is 30.5 Å². The first-order valence-electron chi connectivity index (χ1n) is 4.10. The van der Waals surface area contributed by atoms with Gasteiger partial charge in [-0.15, -0.1) is 11.8 Å². The molecule has 66 valence electrons. The molecule has 0 aromatic heterocycles. The van der Waals surface area contributed by atoms with E-state index in [9.17, 15) is 0 Å². The average Bonchev–Trinajstić information content (AvgIpc) is 2.15. The summed E-state index contributed by atoms with van der Waals surface area (Å²) in [6.07, 6.45) is 3.91. The summed E-state index contributed by atoms with van der Waals surface area (Å²) in [7, 11) is 0. The van der Waals surface area contributed by atoms with Gasteiger partial charge < -0.3 is 5.11 Å². The van der Waals surface area contributed by atoms with Crippen LogP contribution >= 0.6 is 11.8 Å². The van der Waals surface area contributed by atoms with Crippen molar-refractivity contribution in [3.05, 3.63) is 29.8 Å². The van der Waals surface area contributed by atoms with Crippen LogP contribution in [0.15, 0.2) is 29.2 Å². The number of rotatable bonds is 4. The molecule has 0 amide bonds. The van der Waals surface area contributed by atoms with E-state index >= 15 is 0 Å². The number of hydrogen-bond donors (Lipinski definition) is 1. The molecule has 0 aliphatic heterocycles. The summed E-state index contributed by atoms with van der Waals surface area (Å²) in [4.78, 5) is 1.30. The molecule has 0 unspecified atom stereocenters. The van der Waals surface area contributed by atoms with Crippen LogP contribution < -0.4 is 0 Å². The van der Waals surface area contributed by atoms with Crippen molar-refractivity contribution in [3.63, 3.8) is 0 Å². The number of hydrogen-bond acceptors (Lipinski definition) is 2. The van der Waals surface area contributed by atoms with Gasteiger partial charge in [0.1, 0.15) is 0 Å². The molecule has 0 aliphatic rings. The molecule has 0 radical (unpaired) electrons. The van der Waals surface area contributed by atoms with Crippen molar-refractivity contribution in [2.45, 2.75) is 17.7 Å². The Labute approximate surface area is 77.8 Å². The normalized spacial score (nSPS) is 10.2. The minimum Gasteiger partial charge on any atom is -0.396 e. The van der Waals surface area contributed by atoms with E-state index in [1.807, 2.05) is 0 Å². The van der Waals surface area contributed by atoms with Crippen LogP contribution in [-0.2, 0) is 6.42 Å². The van der Waals surface area contributed by atoms with Crippen LogP contribution in [0.2, 0.25) is 0 Å². The fourth-order valence-electron chi connectivity index (χ4n) is 1.11. The Hall–Kier alpha value is -0.470. The highest BCUT2D eigenvalue weighted by Gasteiger charge is 1.93. The van der Waals surface area contributed by atoms with Gasteiger partial charge in [0.25, 0.3) is 0 Å². The van der Waals surface area contributed by atoms with E-state index in [1.165, 1.54) is 10.5 Å². The average molecular weight is 182 g/mol. The van der Waals surface area contributed by atoms with E-state index in [0.29, 0.717) is 0 Å². The van der Waals surface area contributed by atoms with Gasteiger partial charge in [-0.05, 0) is 36.8 Å². The molecule has 1 nitrogen and oxygen atoms in total. The molecule has 0 fully saturated rings. The Morgan fingerprint density at radius 3 is 2.92 bits per heavy atom. The fourth-order valence-corrected chi connectivity index (χ4v) is 1.60. The number of aliphatic hydroxyl groups is 1. The predicted molar refractivity (Wildman–Crippen MR) is 53.6 cm³/mol. The monoisotopic (exact) mass is 182 g/mol. The highest BCUT2D eigenvalue weighted by molar-refractivity contribution is 7.98. The van der Waals surface area contributed by atoms with Crippen molar-refractivity contribution >= 4 is 11.8 Å². The first kappa shape index (κ1) is 9.62. The topological polar surface area (TPSA) is 20.2 Å². The smallest absolute Gasteiger partial charge is 0.0434 e. The van der Waals surface area contributed by atoms with Crippen LogP contribution in [0.5, 0.6) is 0 Å². The standard InChI is InChI=1S/C10H14OS/c1-12-10-6-2-4-9(8-10)5-3-7-11/h2,4,6,8,11H,3,5,7H2,1H3. The van der Waals surface area contributed by atoms with Gasteiger partial charge >= 0.3 is 0 Å². The van der Waals surface area contributed by atoms with Gasteiger partial charge in [0.2, 0.25) is 0 Å². The Balaban J connectivity index is 2.60. The predicted octanol–water partition coefficient (Wildman–Crippen LogP) is 2.33. The van der Waals surface area contributed by atoms with Gasteiger partial charge in [0, 0.05) is 11.5 Å². The van der Waals surface area contributed by atoms with Crippen LogP contribution in [0, 0.1) is 0 Å². The third kappa shape index (κ3) is 2.88. The summed E-state index contributed by atoms with van der Waals surface area (Å²) >= 11 is 1.75. The fraction of sp³-hybridized carbons (Fsp3) is 0.400. The molecular formula is C10H14OS. The lowest BCUT2D eigenvalue weighted by atomic mass is 10.1. The second-order valence-corrected chi connectivity index (χ2v) is 3.56. The van der Waals surface area contributed by atoms with Crippen LogP contribution in [0.25, 0.3) is 0 Å². The van der Waals surface area contributed by atoms with E-state index in [4.69, 9.17) is 5.11 Å². The summed E-state index contributed by atoms with van der Waals surface area (Å²) < 4.78 is 0. The largest absolute Gasteiger partial charge is 0.396 e. The second kappa shape index (κ2) is 5.22. The summed E-state index contributed by atoms with van der Waals surface area (Å²) in [5.41, 5.74) is 1.32. The molecule has 0 saturated heterocycles. The Kier molecular flexibility index (Phi) is 4.19. The summed E-state index contributed by atoms with van der Waals surface area (Å²) in [5, 5.41) is 8.65. The minimum absolute atomic E-state index is 0.281. The zero-order valence-corrected chi connectivity index (χ0v) is 8.10. The lowest BCUT2D eigenvalue weighted by Gasteiger charge is -2.01. The zero-order chi connectivity index (χ0) is 8.81. The van der Waals surface area contributed by atoms with Crippen molar-refractivity contribution in [2.75, 3.05) is 12.9 Å². The van der Waals surface area contributed by atoms with E-state index in [-0.39, 0.29) is 6.61 Å². The zero-order valence-electron chi connectivity index (χ0n) is 7.29. The van der Waals surface area contributed by atoms with Crippen LogP contribution in [-0.4, -0.2) is 18.0 Å². The molecule has 1 aromatic carbocycles. The number of thioether (sulfide) groups is 1. The van der Waals surface area contributed by atoms with E-state index < -0.39 is 0 Å². The molecule has 1 aromatic rings. The van der Waals surface area contributed by atoms with Gasteiger partial charge in [-0.3, -0.25) is 0 Å². The Bertz CT molecular complexity index is 235. The van der Waals surface area contributed by atoms with Crippen molar-refractivity contribution < 1.29 is 5.11 Å². The Morgan fingerprint density at radius 2 is 2.25 bits per heavy atom. The van der Waals surface area contributed by atoms with Gasteiger partial charge in [-0.2, -0.15) is 0 Å². The molecule has 12 heavy (non-hydrogen) atoms. The lowest BCUT2D eigenvalue weighted by molar-refractivity contribution is 0.288. The molecule has 0 atom stereocenters. The van der Waals surface area contributed by atoms with Crippen LogP contribution in [0.3, 0.4) is 0 Å². The number of benzene rings is 1. The van der Waals surface area contributed by atoms with E-state index in [0.717, 1.165) is 12.8 Å². The van der Waals surface area contributed by atoms with Crippen LogP contribution in [0.1, 0.15) is 12.0 Å². The quantitative estimate of drug-likeness (QED) is 0.721. The lowest BCUT2D eigenvalue weighted by Crippen LogP contribution is -1.88. The second-order valence-electron chi connectivity index (χ2n) is 2.68. The maximum Gasteiger partial charge on any atom is 0.0434 e. The third-order valence-corrected chi connectivity index (χ3v) is 2.48. The SMILES string of the molecule is CSc1cccc(CCCO)c1. The van der Waals surface area contributed by atoms with Crippen molar-refractivity contribution in [1.29, 1.82) is 0 Å². The molecule has 2 heteroatoms. The Morgan fingerprint density at radius 1 is 1.42 bits per heavy atom. The molecule has 0 spiro atoms. The first-order chi connectivity index (χ1) is 5.86. The highest BCUT2D eigenvalue weighted by Crippen LogP contribution is 2.16. The molecule has 1 N–H and O–H groups in total. The maximum absolute atomic E-state index is 8.65. The maximum atomic E-state index is 8.65. The molecule has 0 aliphatic carbocycles. The van der Waals surface area contributed by atoms with Crippen molar-refractivity contribution in [3.8, 4) is 0 Å². The van der Waals surface area contributed by atoms with Crippen molar-refractivity contribution in [1.82, 2.24) is 0 Å². The van der Waals surface area contributed by atoms with Crippen LogP contribution in [0.4, 0.5) is 0 Å². The molecule has 0 heterocycles. The third-order valence-electron chi connectivity index (χ3n) is 1.76. The molecule has 0 bridgehead atoms. The molecule has 0 saturated carbocycles. The molecule has 1 rings (SSSR count). The van der Waals surface area contributed by atoms with Gasteiger partial charge in [-0.25, -0.2) is 0 Å². The highest BCUT2D eigenvalue weighted by atomic mass is 32.2. The van der Waals surface area contributed by atoms with E-state index in [1.54, 1.807) is 11.8 Å². The number of aliphatic hydroxyl groups excluding tert-OH is 1. The summed E-state index contributed by atoms with van der Waals surface area (Å²) in [6.45, 7) is 0.281. The molecular weight excluding hydrogens is 168 g/mol. The van der Waals surface area contributed by atoms with Gasteiger partial charge in [0.05, 0.1) is 0 Å². The van der Waals surface area contributed by atoms with Crippen molar-refractivity contribution in [2.24, 2.45) is 0 Å². The van der Waals surface area contributed by atoms with Gasteiger partial charge in [0.15, 0.2) is 0 Å².